The molecule has 6 heteroatoms. The number of halogens is 1. The van der Waals surface area contributed by atoms with Crippen molar-refractivity contribution in [3.8, 4) is 0 Å². The topological polar surface area (TPSA) is 45.2 Å². The highest BCUT2D eigenvalue weighted by molar-refractivity contribution is 9.10. The second-order valence-corrected chi connectivity index (χ2v) is 6.04. The van der Waals surface area contributed by atoms with Crippen molar-refractivity contribution >= 4 is 48.5 Å². The van der Waals surface area contributed by atoms with Crippen molar-refractivity contribution in [2.75, 3.05) is 26.0 Å². The maximum absolute atomic E-state index is 11.4. The smallest absolute Gasteiger partial charge is 0.223 e. The predicted octanol–water partition coefficient (Wildman–Crippen LogP) is 2.95. The summed E-state index contributed by atoms with van der Waals surface area (Å²) in [5.41, 5.74) is 0.968. The van der Waals surface area contributed by atoms with Gasteiger partial charge in [-0.05, 0) is 18.2 Å². The molecule has 1 N–H and O–H groups in total. The summed E-state index contributed by atoms with van der Waals surface area (Å²) in [7, 11) is 3.52. The molecule has 1 aromatic heterocycles. The van der Waals surface area contributed by atoms with Gasteiger partial charge in [0.25, 0.3) is 0 Å². The third-order valence-electron chi connectivity index (χ3n) is 2.46. The Morgan fingerprint density at radius 3 is 3.00 bits per heavy atom. The highest BCUT2D eigenvalue weighted by Crippen LogP contribution is 2.27. The second kappa shape index (κ2) is 5.67. The van der Waals surface area contributed by atoms with Crippen LogP contribution >= 0.6 is 27.3 Å². The van der Waals surface area contributed by atoms with Crippen LogP contribution in [-0.2, 0) is 4.79 Å². The Balaban J connectivity index is 1.98. The van der Waals surface area contributed by atoms with Gasteiger partial charge in [-0.15, -0.1) is 0 Å². The Kier molecular flexibility index (Phi) is 4.19. The van der Waals surface area contributed by atoms with Crippen molar-refractivity contribution in [3.05, 3.63) is 22.7 Å². The Morgan fingerprint density at radius 1 is 1.50 bits per heavy atom. The molecular formula is C12H14BrN3OS. The van der Waals surface area contributed by atoms with Gasteiger partial charge < -0.3 is 10.2 Å². The molecule has 0 atom stereocenters. The third-order valence-corrected chi connectivity index (χ3v) is 3.95. The first-order valence-corrected chi connectivity index (χ1v) is 7.17. The van der Waals surface area contributed by atoms with Gasteiger partial charge in [-0.2, -0.15) is 0 Å². The van der Waals surface area contributed by atoms with Crippen molar-refractivity contribution < 1.29 is 4.79 Å². The van der Waals surface area contributed by atoms with E-state index in [1.165, 1.54) is 0 Å². The maximum atomic E-state index is 11.4. The number of rotatable bonds is 4. The molecule has 1 heterocycles. The molecule has 0 fully saturated rings. The summed E-state index contributed by atoms with van der Waals surface area (Å²) in [5.74, 6) is 0.117. The fourth-order valence-electron chi connectivity index (χ4n) is 1.48. The van der Waals surface area contributed by atoms with Gasteiger partial charge in [-0.25, -0.2) is 4.98 Å². The third kappa shape index (κ3) is 3.20. The number of fused-ring (bicyclic) bond motifs is 1. The zero-order valence-corrected chi connectivity index (χ0v) is 12.6. The first-order chi connectivity index (χ1) is 8.56. The summed E-state index contributed by atoms with van der Waals surface area (Å²) >= 11 is 5.02. The minimum atomic E-state index is 0.117. The molecule has 1 aromatic carbocycles. The molecule has 2 aromatic rings. The van der Waals surface area contributed by atoms with Crippen LogP contribution in [0.1, 0.15) is 6.42 Å². The number of hydrogen-bond acceptors (Lipinski definition) is 4. The minimum absolute atomic E-state index is 0.117. The summed E-state index contributed by atoms with van der Waals surface area (Å²) in [6.45, 7) is 0.609. The number of benzene rings is 1. The molecule has 2 rings (SSSR count). The summed E-state index contributed by atoms with van der Waals surface area (Å²) in [5, 5.41) is 4.04. The van der Waals surface area contributed by atoms with E-state index in [4.69, 9.17) is 0 Å². The summed E-state index contributed by atoms with van der Waals surface area (Å²) in [6, 6.07) is 6.02. The quantitative estimate of drug-likeness (QED) is 0.939. The number of thiazole rings is 1. The van der Waals surface area contributed by atoms with Crippen LogP contribution in [0.3, 0.4) is 0 Å². The van der Waals surface area contributed by atoms with E-state index in [1.54, 1.807) is 30.3 Å². The number of nitrogens with one attached hydrogen (secondary N) is 1. The van der Waals surface area contributed by atoms with Crippen LogP contribution in [-0.4, -0.2) is 36.4 Å². The minimum Gasteiger partial charge on any atom is -0.361 e. The second-order valence-electron chi connectivity index (χ2n) is 4.10. The van der Waals surface area contributed by atoms with Gasteiger partial charge in [-0.1, -0.05) is 27.3 Å². The summed E-state index contributed by atoms with van der Waals surface area (Å²) < 4.78 is 2.16. The largest absolute Gasteiger partial charge is 0.361 e. The van der Waals surface area contributed by atoms with Gasteiger partial charge in [-0.3, -0.25) is 4.79 Å². The average molecular weight is 328 g/mol. The first kappa shape index (κ1) is 13.3. The Morgan fingerprint density at radius 2 is 2.28 bits per heavy atom. The number of hydrogen-bond donors (Lipinski definition) is 1. The van der Waals surface area contributed by atoms with Gasteiger partial charge in [0.1, 0.15) is 0 Å². The fourth-order valence-corrected chi connectivity index (χ4v) is 2.70. The predicted molar refractivity (Wildman–Crippen MR) is 79.1 cm³/mol. The molecule has 0 bridgehead atoms. The van der Waals surface area contributed by atoms with E-state index in [-0.39, 0.29) is 5.91 Å². The van der Waals surface area contributed by atoms with E-state index >= 15 is 0 Å². The van der Waals surface area contributed by atoms with Gasteiger partial charge in [0, 0.05) is 31.5 Å². The average Bonchev–Trinajstić information content (AvgIpc) is 2.70. The van der Waals surface area contributed by atoms with Crippen LogP contribution in [0.5, 0.6) is 0 Å². The first-order valence-electron chi connectivity index (χ1n) is 5.56. The molecule has 0 saturated heterocycles. The highest BCUT2D eigenvalue weighted by Gasteiger charge is 2.06. The number of aromatic nitrogens is 1. The fraction of sp³-hybridized carbons (Fsp3) is 0.333. The molecular weight excluding hydrogens is 314 g/mol. The van der Waals surface area contributed by atoms with E-state index < -0.39 is 0 Å². The van der Waals surface area contributed by atoms with Crippen molar-refractivity contribution in [2.24, 2.45) is 0 Å². The number of nitrogens with zero attached hydrogens (tertiary/aromatic N) is 2. The maximum Gasteiger partial charge on any atom is 0.223 e. The van der Waals surface area contributed by atoms with Crippen LogP contribution < -0.4 is 5.32 Å². The molecule has 0 radical (unpaired) electrons. The monoisotopic (exact) mass is 327 g/mol. The number of carbonyl (C=O) groups is 1. The zero-order chi connectivity index (χ0) is 13.1. The van der Waals surface area contributed by atoms with E-state index in [1.807, 2.05) is 18.2 Å². The number of anilines is 1. The zero-order valence-electron chi connectivity index (χ0n) is 10.2. The molecule has 4 nitrogen and oxygen atoms in total. The standard InChI is InChI=1S/C12H14BrN3OS/c1-16(2)11(17)5-6-14-12-15-9-7-8(13)3-4-10(9)18-12/h3-4,7H,5-6H2,1-2H3,(H,14,15). The molecule has 0 spiro atoms. The van der Waals surface area contributed by atoms with Crippen LogP contribution in [0.25, 0.3) is 10.2 Å². The van der Waals surface area contributed by atoms with E-state index in [0.29, 0.717) is 13.0 Å². The van der Waals surface area contributed by atoms with E-state index in [9.17, 15) is 4.79 Å². The van der Waals surface area contributed by atoms with E-state index in [0.717, 1.165) is 19.8 Å². The van der Waals surface area contributed by atoms with Gasteiger partial charge in [0.15, 0.2) is 5.13 Å². The Hall–Kier alpha value is -1.14. The molecule has 0 unspecified atom stereocenters. The lowest BCUT2D eigenvalue weighted by atomic mass is 10.3. The van der Waals surface area contributed by atoms with Gasteiger partial charge in [0.2, 0.25) is 5.91 Å². The number of amides is 1. The van der Waals surface area contributed by atoms with E-state index in [2.05, 4.69) is 26.2 Å². The molecule has 18 heavy (non-hydrogen) atoms. The Labute approximate surface area is 118 Å². The lowest BCUT2D eigenvalue weighted by Gasteiger charge is -2.09. The van der Waals surface area contributed by atoms with Crippen LogP contribution in [0.15, 0.2) is 22.7 Å². The van der Waals surface area contributed by atoms with Crippen LogP contribution in [0.2, 0.25) is 0 Å². The molecule has 96 valence electrons. The summed E-state index contributed by atoms with van der Waals surface area (Å²) in [4.78, 5) is 17.5. The Bertz CT molecular complexity index is 567. The molecule has 0 aliphatic heterocycles. The summed E-state index contributed by atoms with van der Waals surface area (Å²) in [6.07, 6.45) is 0.479. The normalized spacial score (nSPS) is 10.6. The van der Waals surface area contributed by atoms with Gasteiger partial charge >= 0.3 is 0 Å². The lowest BCUT2D eigenvalue weighted by Crippen LogP contribution is -2.23. The molecule has 1 amide bonds. The van der Waals surface area contributed by atoms with Gasteiger partial charge in [0.05, 0.1) is 10.2 Å². The van der Waals surface area contributed by atoms with Crippen LogP contribution in [0, 0.1) is 0 Å². The highest BCUT2D eigenvalue weighted by atomic mass is 79.9. The number of carbonyl (C=O) groups excluding carboxylic acids is 1. The molecule has 0 aliphatic rings. The molecule has 0 saturated carbocycles. The van der Waals surface area contributed by atoms with Crippen molar-refractivity contribution in [1.82, 2.24) is 9.88 Å². The lowest BCUT2D eigenvalue weighted by molar-refractivity contribution is -0.128. The molecule has 0 aliphatic carbocycles. The van der Waals surface area contributed by atoms with Crippen molar-refractivity contribution in [1.29, 1.82) is 0 Å². The van der Waals surface area contributed by atoms with Crippen molar-refractivity contribution in [3.63, 3.8) is 0 Å². The van der Waals surface area contributed by atoms with Crippen LogP contribution in [0.4, 0.5) is 5.13 Å². The SMILES string of the molecule is CN(C)C(=O)CCNc1nc2cc(Br)ccc2s1. The van der Waals surface area contributed by atoms with Crippen molar-refractivity contribution in [2.45, 2.75) is 6.42 Å².